The number of halogens is 1. The van der Waals surface area contributed by atoms with Gasteiger partial charge in [0.25, 0.3) is 0 Å². The average molecular weight is 547 g/mol. The molecule has 1 aliphatic rings. The van der Waals surface area contributed by atoms with Gasteiger partial charge in [-0.25, -0.2) is 19.3 Å². The fraction of sp³-hybridized carbons (Fsp3) is 0.367. The molecule has 7 nitrogen and oxygen atoms in total. The molecule has 2 aromatic heterocycles. The number of anilines is 3. The van der Waals surface area contributed by atoms with Gasteiger partial charge in [-0.1, -0.05) is 32.4 Å². The van der Waals surface area contributed by atoms with Gasteiger partial charge in [-0.15, -0.1) is 11.3 Å². The molecule has 9 heteroatoms. The van der Waals surface area contributed by atoms with E-state index in [4.69, 9.17) is 20.4 Å². The Morgan fingerprint density at radius 1 is 1.10 bits per heavy atom. The highest BCUT2D eigenvalue weighted by Crippen LogP contribution is 2.39. The minimum absolute atomic E-state index is 0.264. The number of nitrogens with one attached hydrogen (secondary N) is 1. The molecule has 4 aromatic rings. The number of piperidine rings is 1. The van der Waals surface area contributed by atoms with Crippen LogP contribution in [0.4, 0.5) is 21.7 Å². The first-order valence-electron chi connectivity index (χ1n) is 13.5. The summed E-state index contributed by atoms with van der Waals surface area (Å²) in [7, 11) is 1.59. The molecule has 0 aliphatic carbocycles. The summed E-state index contributed by atoms with van der Waals surface area (Å²) in [6.45, 7) is 7.26. The second kappa shape index (κ2) is 12.1. The molecule has 0 spiro atoms. The van der Waals surface area contributed by atoms with Crippen LogP contribution >= 0.6 is 11.3 Å². The first-order chi connectivity index (χ1) is 18.9. The van der Waals surface area contributed by atoms with E-state index >= 15 is 4.39 Å². The van der Waals surface area contributed by atoms with E-state index in [0.717, 1.165) is 46.5 Å². The molecule has 1 aliphatic heterocycles. The fourth-order valence-corrected chi connectivity index (χ4v) is 5.88. The van der Waals surface area contributed by atoms with Gasteiger partial charge < -0.3 is 20.7 Å². The molecule has 1 saturated heterocycles. The zero-order valence-corrected chi connectivity index (χ0v) is 23.5. The van der Waals surface area contributed by atoms with Crippen molar-refractivity contribution in [3.05, 3.63) is 65.0 Å². The smallest absolute Gasteiger partial charge is 0.227 e. The van der Waals surface area contributed by atoms with Crippen molar-refractivity contribution < 1.29 is 9.13 Å². The molecule has 0 saturated carbocycles. The largest absolute Gasteiger partial charge is 0.495 e. The van der Waals surface area contributed by atoms with Crippen LogP contribution in [-0.4, -0.2) is 46.6 Å². The molecule has 0 unspecified atom stereocenters. The summed E-state index contributed by atoms with van der Waals surface area (Å²) in [6.07, 6.45) is 6.06. The van der Waals surface area contributed by atoms with Crippen LogP contribution in [-0.2, 0) is 6.42 Å². The van der Waals surface area contributed by atoms with Gasteiger partial charge in [0.05, 0.1) is 34.1 Å². The molecule has 0 radical (unpaired) electrons. The number of hydrogen-bond acceptors (Lipinski definition) is 8. The summed E-state index contributed by atoms with van der Waals surface area (Å²) >= 11 is 1.61. The van der Waals surface area contributed by atoms with Crippen molar-refractivity contribution >= 4 is 28.7 Å². The minimum atomic E-state index is -0.264. The molecule has 0 atom stereocenters. The lowest BCUT2D eigenvalue weighted by Crippen LogP contribution is -2.31. The van der Waals surface area contributed by atoms with Crippen molar-refractivity contribution in [2.75, 3.05) is 37.8 Å². The van der Waals surface area contributed by atoms with E-state index in [9.17, 15) is 0 Å². The molecule has 0 amide bonds. The molecule has 1 fully saturated rings. The highest BCUT2D eigenvalue weighted by atomic mass is 32.1. The van der Waals surface area contributed by atoms with E-state index in [1.165, 1.54) is 25.3 Å². The van der Waals surface area contributed by atoms with Crippen LogP contribution in [0.3, 0.4) is 0 Å². The molecule has 39 heavy (non-hydrogen) atoms. The molecule has 2 aromatic carbocycles. The topological polar surface area (TPSA) is 89.2 Å². The van der Waals surface area contributed by atoms with Gasteiger partial charge in [0.15, 0.2) is 0 Å². The fourth-order valence-electron chi connectivity index (χ4n) is 4.82. The predicted molar refractivity (Wildman–Crippen MR) is 157 cm³/mol. The van der Waals surface area contributed by atoms with E-state index in [-0.39, 0.29) is 11.7 Å². The molecule has 3 N–H and O–H groups in total. The Hall–Kier alpha value is -3.56. The second-order valence-electron chi connectivity index (χ2n) is 10.2. The molecule has 204 valence electrons. The highest BCUT2D eigenvalue weighted by Gasteiger charge is 2.19. The predicted octanol–water partition coefficient (Wildman–Crippen LogP) is 6.89. The van der Waals surface area contributed by atoms with E-state index < -0.39 is 0 Å². The summed E-state index contributed by atoms with van der Waals surface area (Å²) in [5.74, 6) is 0.909. The molecular weight excluding hydrogens is 511 g/mol. The number of methoxy groups -OCH3 is 1. The van der Waals surface area contributed by atoms with Gasteiger partial charge in [0.2, 0.25) is 5.95 Å². The van der Waals surface area contributed by atoms with Gasteiger partial charge in [0.1, 0.15) is 11.6 Å². The number of nitrogens with zero attached hydrogens (tertiary/aromatic N) is 4. The van der Waals surface area contributed by atoms with Crippen molar-refractivity contribution in [2.24, 2.45) is 0 Å². The maximum atomic E-state index is 15.1. The van der Waals surface area contributed by atoms with E-state index in [1.807, 2.05) is 30.3 Å². The number of benzene rings is 2. The Bertz CT molecular complexity index is 1430. The zero-order valence-electron chi connectivity index (χ0n) is 22.7. The number of nitrogens with two attached hydrogens (primary N) is 1. The SMILES string of the molecule is COc1cc(CCN2CCCCC2)c(F)cc1Nc1nccc(-c2sc(C(C)C)nc2-c2cccc(N)c2)n1. The van der Waals surface area contributed by atoms with Crippen molar-refractivity contribution in [3.63, 3.8) is 0 Å². The first kappa shape index (κ1) is 27.0. The molecule has 3 heterocycles. The quantitative estimate of drug-likeness (QED) is 0.221. The number of ether oxygens (including phenoxy) is 1. The lowest BCUT2D eigenvalue weighted by Gasteiger charge is -2.26. The van der Waals surface area contributed by atoms with Gasteiger partial charge in [-0.05, 0) is 62.2 Å². The Labute approximate surface area is 233 Å². The number of likely N-dealkylation sites (tertiary alicyclic amines) is 1. The van der Waals surface area contributed by atoms with Crippen LogP contribution < -0.4 is 15.8 Å². The van der Waals surface area contributed by atoms with Crippen molar-refractivity contribution in [2.45, 2.75) is 45.4 Å². The summed E-state index contributed by atoms with van der Waals surface area (Å²) in [4.78, 5) is 17.4. The average Bonchev–Trinajstić information content (AvgIpc) is 3.40. The molecule has 5 rings (SSSR count). The maximum absolute atomic E-state index is 15.1. The van der Waals surface area contributed by atoms with Crippen molar-refractivity contribution in [3.8, 4) is 27.6 Å². The van der Waals surface area contributed by atoms with Crippen molar-refractivity contribution in [1.29, 1.82) is 0 Å². The third-order valence-electron chi connectivity index (χ3n) is 6.95. The van der Waals surface area contributed by atoms with Gasteiger partial charge >= 0.3 is 0 Å². The highest BCUT2D eigenvalue weighted by molar-refractivity contribution is 7.15. The monoisotopic (exact) mass is 546 g/mol. The van der Waals surface area contributed by atoms with E-state index in [1.54, 1.807) is 30.7 Å². The van der Waals surface area contributed by atoms with Crippen LogP contribution in [0.15, 0.2) is 48.7 Å². The third-order valence-corrected chi connectivity index (χ3v) is 8.33. The van der Waals surface area contributed by atoms with Crippen LogP contribution in [0.2, 0.25) is 0 Å². The summed E-state index contributed by atoms with van der Waals surface area (Å²) < 4.78 is 20.8. The van der Waals surface area contributed by atoms with E-state index in [2.05, 4.69) is 29.0 Å². The van der Waals surface area contributed by atoms with Crippen LogP contribution in [0.25, 0.3) is 21.8 Å². The lowest BCUT2D eigenvalue weighted by atomic mass is 10.1. The Morgan fingerprint density at radius 3 is 2.67 bits per heavy atom. The third kappa shape index (κ3) is 6.37. The molecular formula is C30H35FN6OS. The number of thiazole rings is 1. The zero-order chi connectivity index (χ0) is 27.4. The lowest BCUT2D eigenvalue weighted by molar-refractivity contribution is 0.231. The van der Waals surface area contributed by atoms with Gasteiger partial charge in [0, 0.05) is 36.0 Å². The van der Waals surface area contributed by atoms with Crippen LogP contribution in [0.1, 0.15) is 49.6 Å². The number of aromatic nitrogens is 3. The Kier molecular flexibility index (Phi) is 8.38. The normalized spacial score (nSPS) is 14.1. The minimum Gasteiger partial charge on any atom is -0.495 e. The number of nitrogen functional groups attached to an aromatic ring is 1. The van der Waals surface area contributed by atoms with Gasteiger partial charge in [-0.2, -0.15) is 0 Å². The van der Waals surface area contributed by atoms with Gasteiger partial charge in [-0.3, -0.25) is 0 Å². The summed E-state index contributed by atoms with van der Waals surface area (Å²) in [6, 6.07) is 12.8. The summed E-state index contributed by atoms with van der Waals surface area (Å²) in [5, 5.41) is 4.18. The Balaban J connectivity index is 1.41. The standard InChI is InChI=1S/C30H35FN6OS/c1-19(2)29-36-27(21-8-7-9-22(32)16-21)28(39-29)24-10-12-33-30(34-24)35-25-18-23(31)20(17-26(25)38-3)11-15-37-13-5-4-6-14-37/h7-10,12,16-19H,4-6,11,13-15,32H2,1-3H3,(H,33,34,35). The van der Waals surface area contributed by atoms with Crippen LogP contribution in [0, 0.1) is 5.82 Å². The number of hydrogen-bond donors (Lipinski definition) is 2. The van der Waals surface area contributed by atoms with Crippen molar-refractivity contribution in [1.82, 2.24) is 19.9 Å². The van der Waals surface area contributed by atoms with E-state index in [0.29, 0.717) is 35.1 Å². The number of rotatable bonds is 9. The summed E-state index contributed by atoms with van der Waals surface area (Å²) in [5.41, 5.74) is 10.4. The first-order valence-corrected chi connectivity index (χ1v) is 14.3. The second-order valence-corrected chi connectivity index (χ2v) is 11.2. The molecule has 0 bridgehead atoms. The van der Waals surface area contributed by atoms with Crippen LogP contribution in [0.5, 0.6) is 5.75 Å². The Morgan fingerprint density at radius 2 is 1.92 bits per heavy atom. The maximum Gasteiger partial charge on any atom is 0.227 e.